The van der Waals surface area contributed by atoms with Crippen LogP contribution in [0.1, 0.15) is 24.9 Å². The van der Waals surface area contributed by atoms with E-state index >= 15 is 0 Å². The minimum Gasteiger partial charge on any atom is -0.493 e. The number of nitrogens with two attached hydrogens (primary N) is 1. The lowest BCUT2D eigenvalue weighted by molar-refractivity contribution is -0.141. The van der Waals surface area contributed by atoms with Crippen LogP contribution in [-0.4, -0.2) is 19.7 Å². The molecule has 1 atom stereocenters. The van der Waals surface area contributed by atoms with E-state index in [2.05, 4.69) is 20.7 Å². The van der Waals surface area contributed by atoms with Crippen molar-refractivity contribution in [2.75, 3.05) is 13.7 Å². The van der Waals surface area contributed by atoms with E-state index in [0.29, 0.717) is 5.75 Å². The van der Waals surface area contributed by atoms with Crippen molar-refractivity contribution in [2.45, 2.75) is 19.4 Å². The van der Waals surface area contributed by atoms with Crippen LogP contribution in [0.3, 0.4) is 0 Å². The molecule has 94 valence electrons. The molecule has 0 radical (unpaired) electrons. The molecule has 0 bridgehead atoms. The van der Waals surface area contributed by atoms with Crippen molar-refractivity contribution in [1.82, 2.24) is 0 Å². The van der Waals surface area contributed by atoms with E-state index in [1.165, 1.54) is 7.11 Å². The van der Waals surface area contributed by atoms with Gasteiger partial charge in [0.2, 0.25) is 0 Å². The van der Waals surface area contributed by atoms with Gasteiger partial charge in [0.25, 0.3) is 0 Å². The van der Waals surface area contributed by atoms with Crippen molar-refractivity contribution in [2.24, 2.45) is 5.73 Å². The zero-order chi connectivity index (χ0) is 12.8. The van der Waals surface area contributed by atoms with Crippen molar-refractivity contribution in [3.05, 3.63) is 28.2 Å². The van der Waals surface area contributed by atoms with E-state index in [1.54, 1.807) is 0 Å². The molecular weight excluding hydrogens is 286 g/mol. The largest absolute Gasteiger partial charge is 0.493 e. The number of carbonyl (C=O) groups excluding carboxylic acids is 1. The molecule has 4 nitrogen and oxygen atoms in total. The second-order valence-corrected chi connectivity index (χ2v) is 4.56. The highest BCUT2D eigenvalue weighted by Gasteiger charge is 2.09. The third kappa shape index (κ3) is 4.36. The summed E-state index contributed by atoms with van der Waals surface area (Å²) in [7, 11) is 1.36. The molecule has 2 N–H and O–H groups in total. The molecule has 0 aliphatic rings. The molecule has 1 rings (SSSR count). The molecular formula is C12H16BrNO3. The van der Waals surface area contributed by atoms with E-state index in [0.717, 1.165) is 10.0 Å². The number of hydrogen-bond donors (Lipinski definition) is 1. The summed E-state index contributed by atoms with van der Waals surface area (Å²) in [5, 5.41) is 0. The Kier molecular flexibility index (Phi) is 5.44. The Bertz CT molecular complexity index is 393. The fourth-order valence-electron chi connectivity index (χ4n) is 1.35. The van der Waals surface area contributed by atoms with E-state index in [4.69, 9.17) is 10.5 Å². The number of ether oxygens (including phenoxy) is 2. The predicted octanol–water partition coefficient (Wildman–Crippen LogP) is 2.41. The van der Waals surface area contributed by atoms with Crippen LogP contribution in [0, 0.1) is 0 Å². The molecule has 0 saturated heterocycles. The number of carbonyl (C=O) groups is 1. The van der Waals surface area contributed by atoms with Gasteiger partial charge in [0.05, 0.1) is 20.1 Å². The minimum absolute atomic E-state index is 0.124. The van der Waals surface area contributed by atoms with Crippen LogP contribution in [0.4, 0.5) is 0 Å². The fraction of sp³-hybridized carbons (Fsp3) is 0.417. The van der Waals surface area contributed by atoms with Gasteiger partial charge >= 0.3 is 5.97 Å². The molecule has 0 amide bonds. The lowest BCUT2D eigenvalue weighted by atomic mass is 10.1. The van der Waals surface area contributed by atoms with Crippen molar-refractivity contribution in [3.8, 4) is 5.75 Å². The van der Waals surface area contributed by atoms with Gasteiger partial charge in [-0.05, 0) is 25.1 Å². The van der Waals surface area contributed by atoms with Crippen LogP contribution in [0.25, 0.3) is 0 Å². The molecule has 1 aromatic rings. The van der Waals surface area contributed by atoms with Crippen LogP contribution in [-0.2, 0) is 9.53 Å². The van der Waals surface area contributed by atoms with Gasteiger partial charge in [-0.1, -0.05) is 15.9 Å². The first kappa shape index (κ1) is 14.0. The quantitative estimate of drug-likeness (QED) is 0.849. The third-order valence-electron chi connectivity index (χ3n) is 2.25. The summed E-state index contributed by atoms with van der Waals surface area (Å²) in [6, 6.07) is 5.50. The predicted molar refractivity (Wildman–Crippen MR) is 68.9 cm³/mol. The number of methoxy groups -OCH3 is 1. The van der Waals surface area contributed by atoms with Gasteiger partial charge < -0.3 is 15.2 Å². The van der Waals surface area contributed by atoms with Crippen molar-refractivity contribution in [1.29, 1.82) is 0 Å². The van der Waals surface area contributed by atoms with Crippen LogP contribution < -0.4 is 10.5 Å². The molecule has 1 aromatic carbocycles. The van der Waals surface area contributed by atoms with Crippen molar-refractivity contribution < 1.29 is 14.3 Å². The molecule has 5 heteroatoms. The van der Waals surface area contributed by atoms with E-state index in [9.17, 15) is 4.79 Å². The zero-order valence-electron chi connectivity index (χ0n) is 9.90. The monoisotopic (exact) mass is 301 g/mol. The first-order chi connectivity index (χ1) is 8.04. The summed E-state index contributed by atoms with van der Waals surface area (Å²) in [5.74, 6) is 0.413. The number of rotatable bonds is 5. The Morgan fingerprint density at radius 1 is 1.53 bits per heavy atom. The summed E-state index contributed by atoms with van der Waals surface area (Å²) in [4.78, 5) is 10.9. The maximum Gasteiger partial charge on any atom is 0.308 e. The topological polar surface area (TPSA) is 61.5 Å². The molecule has 0 aromatic heterocycles. The molecule has 0 saturated carbocycles. The van der Waals surface area contributed by atoms with E-state index in [1.807, 2.05) is 25.1 Å². The highest BCUT2D eigenvalue weighted by atomic mass is 79.9. The van der Waals surface area contributed by atoms with Crippen LogP contribution in [0.5, 0.6) is 5.75 Å². The third-order valence-corrected chi connectivity index (χ3v) is 2.75. The normalized spacial score (nSPS) is 12.0. The molecule has 0 spiro atoms. The van der Waals surface area contributed by atoms with Gasteiger partial charge in [-0.25, -0.2) is 0 Å². The Balaban J connectivity index is 2.67. The summed E-state index contributed by atoms with van der Waals surface area (Å²) < 4.78 is 11.0. The standard InChI is InChI=1S/C12H16BrNO3/c1-8(14)10-7-9(13)3-4-11(10)17-6-5-12(15)16-2/h3-4,7-8H,5-6,14H2,1-2H3/t8-/m0/s1. The van der Waals surface area contributed by atoms with E-state index < -0.39 is 0 Å². The minimum atomic E-state index is -0.288. The molecule has 0 aliphatic heterocycles. The molecule has 0 fully saturated rings. The highest BCUT2D eigenvalue weighted by molar-refractivity contribution is 9.10. The summed E-state index contributed by atoms with van der Waals surface area (Å²) >= 11 is 3.38. The summed E-state index contributed by atoms with van der Waals surface area (Å²) in [6.45, 7) is 2.17. The van der Waals surface area contributed by atoms with E-state index in [-0.39, 0.29) is 25.0 Å². The lowest BCUT2D eigenvalue weighted by Gasteiger charge is -2.14. The van der Waals surface area contributed by atoms with Gasteiger partial charge in [0.1, 0.15) is 5.75 Å². The second-order valence-electron chi connectivity index (χ2n) is 3.65. The van der Waals surface area contributed by atoms with Crippen LogP contribution in [0.2, 0.25) is 0 Å². The Hall–Kier alpha value is -1.07. The van der Waals surface area contributed by atoms with Gasteiger partial charge in [0.15, 0.2) is 0 Å². The Morgan fingerprint density at radius 3 is 2.82 bits per heavy atom. The Morgan fingerprint density at radius 2 is 2.24 bits per heavy atom. The summed E-state index contributed by atoms with van der Waals surface area (Å²) in [6.07, 6.45) is 0.227. The van der Waals surface area contributed by atoms with Gasteiger partial charge in [-0.15, -0.1) is 0 Å². The first-order valence-corrected chi connectivity index (χ1v) is 6.08. The molecule has 0 unspecified atom stereocenters. The molecule has 17 heavy (non-hydrogen) atoms. The Labute approximate surface area is 109 Å². The number of esters is 1. The average Bonchev–Trinajstić information content (AvgIpc) is 2.30. The SMILES string of the molecule is COC(=O)CCOc1ccc(Br)cc1[C@H](C)N. The molecule has 0 heterocycles. The van der Waals surface area contributed by atoms with Gasteiger partial charge in [0, 0.05) is 16.1 Å². The number of hydrogen-bond acceptors (Lipinski definition) is 4. The first-order valence-electron chi connectivity index (χ1n) is 5.29. The molecule has 0 aliphatic carbocycles. The average molecular weight is 302 g/mol. The van der Waals surface area contributed by atoms with Crippen molar-refractivity contribution >= 4 is 21.9 Å². The lowest BCUT2D eigenvalue weighted by Crippen LogP contribution is -2.11. The summed E-state index contributed by atoms with van der Waals surface area (Å²) in [5.41, 5.74) is 6.76. The van der Waals surface area contributed by atoms with Gasteiger partial charge in [-0.2, -0.15) is 0 Å². The second kappa shape index (κ2) is 6.61. The number of benzene rings is 1. The van der Waals surface area contributed by atoms with Crippen LogP contribution >= 0.6 is 15.9 Å². The number of halogens is 1. The maximum atomic E-state index is 10.9. The highest BCUT2D eigenvalue weighted by Crippen LogP contribution is 2.27. The fourth-order valence-corrected chi connectivity index (χ4v) is 1.73. The maximum absolute atomic E-state index is 10.9. The zero-order valence-corrected chi connectivity index (χ0v) is 11.5. The van der Waals surface area contributed by atoms with Crippen molar-refractivity contribution in [3.63, 3.8) is 0 Å². The van der Waals surface area contributed by atoms with Crippen LogP contribution in [0.15, 0.2) is 22.7 Å². The smallest absolute Gasteiger partial charge is 0.308 e. The van der Waals surface area contributed by atoms with Gasteiger partial charge in [-0.3, -0.25) is 4.79 Å².